The van der Waals surface area contributed by atoms with E-state index in [4.69, 9.17) is 4.55 Å². The van der Waals surface area contributed by atoms with Gasteiger partial charge in [0, 0.05) is 0 Å². The van der Waals surface area contributed by atoms with E-state index in [0.29, 0.717) is 0 Å². The first-order valence-electron chi connectivity index (χ1n) is 3.14. The van der Waals surface area contributed by atoms with Gasteiger partial charge in [-0.05, 0) is 6.92 Å². The molecule has 1 unspecified atom stereocenters. The van der Waals surface area contributed by atoms with E-state index < -0.39 is 28.0 Å². The molecule has 1 atom stereocenters. The number of rotatable bonds is 2. The van der Waals surface area contributed by atoms with Crippen molar-refractivity contribution in [3.8, 4) is 0 Å². The first kappa shape index (κ1) is 9.14. The highest BCUT2D eigenvalue weighted by Gasteiger charge is 2.46. The topological polar surface area (TPSA) is 91.8 Å². The van der Waals surface area contributed by atoms with Gasteiger partial charge in [-0.15, -0.1) is 0 Å². The Morgan fingerprint density at radius 1 is 1.67 bits per heavy atom. The van der Waals surface area contributed by atoms with Crippen LogP contribution in [-0.2, 0) is 19.9 Å². The fourth-order valence-corrected chi connectivity index (χ4v) is 1.87. The van der Waals surface area contributed by atoms with Crippen molar-refractivity contribution in [3.05, 3.63) is 0 Å². The highest BCUT2D eigenvalue weighted by atomic mass is 32.2. The largest absolute Gasteiger partial charge is 0.362 e. The Bertz CT molecular complexity index is 332. The van der Waals surface area contributed by atoms with Gasteiger partial charge in [-0.25, -0.2) is 4.31 Å². The molecule has 6 nitrogen and oxygen atoms in total. The Kier molecular flexibility index (Phi) is 1.92. The van der Waals surface area contributed by atoms with E-state index in [1.165, 1.54) is 0 Å². The number of ketones is 1. The lowest BCUT2D eigenvalue weighted by atomic mass is 10.0. The molecule has 1 heterocycles. The molecular formula is C5H7NO5S. The molecule has 68 valence electrons. The maximum absolute atomic E-state index is 10.7. The number of Topliss-reactive ketones (excluding diaryl/α,β-unsaturated/α-hetero) is 1. The summed E-state index contributed by atoms with van der Waals surface area (Å²) in [6.07, 6.45) is -0.144. The average Bonchev–Trinajstić information content (AvgIpc) is 1.77. The molecule has 0 aromatic rings. The van der Waals surface area contributed by atoms with Gasteiger partial charge in [-0.1, -0.05) is 0 Å². The third-order valence-corrected chi connectivity index (χ3v) is 2.57. The molecule has 0 aromatic carbocycles. The van der Waals surface area contributed by atoms with Gasteiger partial charge in [0.05, 0.1) is 6.42 Å². The maximum atomic E-state index is 10.7. The monoisotopic (exact) mass is 193 g/mol. The summed E-state index contributed by atoms with van der Waals surface area (Å²) in [5.41, 5.74) is 0. The van der Waals surface area contributed by atoms with E-state index in [1.807, 2.05) is 0 Å². The molecule has 0 radical (unpaired) electrons. The minimum Gasteiger partial charge on any atom is -0.298 e. The molecule has 1 N–H and O–H groups in total. The SMILES string of the molecule is CC(=O)C1CC(=O)N1S(=O)(=O)O. The second-order valence-corrected chi connectivity index (χ2v) is 3.79. The van der Waals surface area contributed by atoms with E-state index >= 15 is 0 Å². The lowest BCUT2D eigenvalue weighted by molar-refractivity contribution is -0.144. The summed E-state index contributed by atoms with van der Waals surface area (Å²) in [7, 11) is -4.55. The van der Waals surface area contributed by atoms with Crippen molar-refractivity contribution in [2.24, 2.45) is 0 Å². The number of carbonyl (C=O) groups is 2. The zero-order chi connectivity index (χ0) is 9.52. The molecule has 0 aliphatic carbocycles. The fraction of sp³-hybridized carbons (Fsp3) is 0.600. The third kappa shape index (κ3) is 1.32. The Balaban J connectivity index is 2.90. The van der Waals surface area contributed by atoms with Crippen molar-refractivity contribution in [1.82, 2.24) is 4.31 Å². The van der Waals surface area contributed by atoms with Crippen molar-refractivity contribution in [2.75, 3.05) is 0 Å². The molecule has 1 rings (SSSR count). The predicted octanol–water partition coefficient (Wildman–Crippen LogP) is -1.02. The molecule has 0 aromatic heterocycles. The molecule has 1 aliphatic heterocycles. The van der Waals surface area contributed by atoms with Crippen LogP contribution >= 0.6 is 0 Å². The first-order valence-corrected chi connectivity index (χ1v) is 4.54. The van der Waals surface area contributed by atoms with E-state index in [9.17, 15) is 18.0 Å². The standard InChI is InChI=1S/C5H7NO5S/c1-3(7)4-2-5(8)6(4)12(9,10)11/h4H,2H2,1H3,(H,9,10,11). The van der Waals surface area contributed by atoms with E-state index in [0.717, 1.165) is 6.92 Å². The highest BCUT2D eigenvalue weighted by Crippen LogP contribution is 2.22. The quantitative estimate of drug-likeness (QED) is 0.447. The molecule has 7 heteroatoms. The van der Waals surface area contributed by atoms with Crippen LogP contribution in [0.15, 0.2) is 0 Å². The van der Waals surface area contributed by atoms with Crippen LogP contribution < -0.4 is 0 Å². The molecule has 0 spiro atoms. The van der Waals surface area contributed by atoms with Gasteiger partial charge < -0.3 is 0 Å². The van der Waals surface area contributed by atoms with Crippen LogP contribution in [0.1, 0.15) is 13.3 Å². The smallest absolute Gasteiger partial charge is 0.298 e. The summed E-state index contributed by atoms with van der Waals surface area (Å²) < 4.78 is 29.5. The predicted molar refractivity (Wildman–Crippen MR) is 37.5 cm³/mol. The summed E-state index contributed by atoms with van der Waals surface area (Å²) in [6.45, 7) is 1.16. The zero-order valence-electron chi connectivity index (χ0n) is 6.22. The first-order chi connectivity index (χ1) is 5.34. The number of amides is 1. The van der Waals surface area contributed by atoms with Gasteiger partial charge in [0.25, 0.3) is 0 Å². The number of carbonyl (C=O) groups excluding carboxylic acids is 2. The van der Waals surface area contributed by atoms with Crippen LogP contribution in [0, 0.1) is 0 Å². The van der Waals surface area contributed by atoms with Crippen LogP contribution in [0.4, 0.5) is 0 Å². The van der Waals surface area contributed by atoms with E-state index in [-0.39, 0.29) is 10.7 Å². The van der Waals surface area contributed by atoms with Crippen LogP contribution in [0.2, 0.25) is 0 Å². The summed E-state index contributed by atoms with van der Waals surface area (Å²) in [5.74, 6) is -1.20. The lowest BCUT2D eigenvalue weighted by Crippen LogP contribution is -2.58. The molecule has 0 saturated carbocycles. The van der Waals surface area contributed by atoms with E-state index in [2.05, 4.69) is 0 Å². The molecule has 1 amide bonds. The van der Waals surface area contributed by atoms with Crippen LogP contribution in [0.5, 0.6) is 0 Å². The zero-order valence-corrected chi connectivity index (χ0v) is 7.04. The molecule has 0 bridgehead atoms. The van der Waals surface area contributed by atoms with Crippen molar-refractivity contribution >= 4 is 22.0 Å². The molecule has 1 aliphatic rings. The van der Waals surface area contributed by atoms with Crippen LogP contribution in [-0.4, -0.2) is 35.0 Å². The molecule has 1 fully saturated rings. The fourth-order valence-electron chi connectivity index (χ4n) is 0.998. The Labute approximate surface area is 69.0 Å². The number of nitrogens with zero attached hydrogens (tertiary/aromatic N) is 1. The van der Waals surface area contributed by atoms with E-state index in [1.54, 1.807) is 0 Å². The Morgan fingerprint density at radius 2 is 2.17 bits per heavy atom. The second-order valence-electron chi connectivity index (χ2n) is 2.50. The van der Waals surface area contributed by atoms with Crippen molar-refractivity contribution < 1.29 is 22.6 Å². The third-order valence-electron chi connectivity index (χ3n) is 1.61. The molecular weight excluding hydrogens is 186 g/mol. The van der Waals surface area contributed by atoms with Gasteiger partial charge in [0.15, 0.2) is 5.78 Å². The van der Waals surface area contributed by atoms with Crippen molar-refractivity contribution in [1.29, 1.82) is 0 Å². The maximum Gasteiger partial charge on any atom is 0.362 e. The van der Waals surface area contributed by atoms with Gasteiger partial charge >= 0.3 is 10.3 Å². The van der Waals surface area contributed by atoms with Gasteiger partial charge in [-0.3, -0.25) is 14.1 Å². The minimum atomic E-state index is -4.55. The summed E-state index contributed by atoms with van der Waals surface area (Å²) in [4.78, 5) is 21.3. The van der Waals surface area contributed by atoms with Crippen molar-refractivity contribution in [3.63, 3.8) is 0 Å². The Morgan fingerprint density at radius 3 is 2.33 bits per heavy atom. The number of β-lactam (4-membered cyclic amide) rings is 1. The normalized spacial score (nSPS) is 23.7. The van der Waals surface area contributed by atoms with Crippen LogP contribution in [0.3, 0.4) is 0 Å². The van der Waals surface area contributed by atoms with Gasteiger partial charge in [0.1, 0.15) is 6.04 Å². The number of hydrogen-bond donors (Lipinski definition) is 1. The summed E-state index contributed by atoms with van der Waals surface area (Å²) >= 11 is 0. The molecule has 1 saturated heterocycles. The minimum absolute atomic E-state index is 0.144. The Hall–Kier alpha value is -0.950. The highest BCUT2D eigenvalue weighted by molar-refractivity contribution is 7.84. The van der Waals surface area contributed by atoms with Crippen LogP contribution in [0.25, 0.3) is 0 Å². The molecule has 12 heavy (non-hydrogen) atoms. The van der Waals surface area contributed by atoms with Gasteiger partial charge in [-0.2, -0.15) is 8.42 Å². The number of hydrogen-bond acceptors (Lipinski definition) is 4. The lowest BCUT2D eigenvalue weighted by Gasteiger charge is -2.34. The van der Waals surface area contributed by atoms with Gasteiger partial charge in [0.2, 0.25) is 5.91 Å². The van der Waals surface area contributed by atoms with Crippen molar-refractivity contribution in [2.45, 2.75) is 19.4 Å². The average molecular weight is 193 g/mol. The second kappa shape index (κ2) is 2.53. The summed E-state index contributed by atoms with van der Waals surface area (Å²) in [5, 5.41) is 0. The summed E-state index contributed by atoms with van der Waals surface area (Å²) in [6, 6.07) is -1.01.